The molecule has 2 heterocycles. The molecule has 28 heavy (non-hydrogen) atoms. The van der Waals surface area contributed by atoms with E-state index in [1.54, 1.807) is 19.1 Å². The third kappa shape index (κ3) is 3.41. The van der Waals surface area contributed by atoms with E-state index in [4.69, 9.17) is 8.83 Å². The summed E-state index contributed by atoms with van der Waals surface area (Å²) in [6.45, 7) is 5.80. The Kier molecular flexibility index (Phi) is 4.68. The van der Waals surface area contributed by atoms with Gasteiger partial charge in [-0.05, 0) is 61.7 Å². The Bertz CT molecular complexity index is 1240. The molecule has 7 heteroatoms. The Morgan fingerprint density at radius 3 is 2.61 bits per heavy atom. The van der Waals surface area contributed by atoms with E-state index in [-0.39, 0.29) is 5.75 Å². The molecule has 0 spiro atoms. The number of phenolic OH excluding ortho intramolecular Hbond substituents is 1. The van der Waals surface area contributed by atoms with Gasteiger partial charge in [-0.25, -0.2) is 4.79 Å². The summed E-state index contributed by atoms with van der Waals surface area (Å²) in [4.78, 5) is 11.9. The highest BCUT2D eigenvalue weighted by Crippen LogP contribution is 2.31. The number of phenols is 1. The van der Waals surface area contributed by atoms with Gasteiger partial charge >= 0.3 is 5.63 Å². The van der Waals surface area contributed by atoms with Crippen molar-refractivity contribution in [2.24, 2.45) is 0 Å². The van der Waals surface area contributed by atoms with Gasteiger partial charge in [-0.3, -0.25) is 0 Å². The lowest BCUT2D eigenvalue weighted by Gasteiger charge is -2.07. The van der Waals surface area contributed by atoms with Gasteiger partial charge < -0.3 is 13.9 Å². The number of fused-ring (bicyclic) bond motifs is 1. The van der Waals surface area contributed by atoms with Gasteiger partial charge in [0.2, 0.25) is 5.89 Å². The van der Waals surface area contributed by atoms with Crippen molar-refractivity contribution in [2.75, 3.05) is 0 Å². The van der Waals surface area contributed by atoms with Crippen LogP contribution in [-0.4, -0.2) is 15.3 Å². The summed E-state index contributed by atoms with van der Waals surface area (Å²) >= 11 is 1.35. The first-order valence-corrected chi connectivity index (χ1v) is 9.70. The van der Waals surface area contributed by atoms with E-state index < -0.39 is 5.63 Å². The molecule has 0 saturated heterocycles. The Balaban J connectivity index is 1.60. The van der Waals surface area contributed by atoms with Crippen molar-refractivity contribution in [3.63, 3.8) is 0 Å². The lowest BCUT2D eigenvalue weighted by molar-refractivity contribution is 0.465. The molecule has 0 fully saturated rings. The van der Waals surface area contributed by atoms with Crippen LogP contribution < -0.4 is 5.63 Å². The van der Waals surface area contributed by atoms with Crippen LogP contribution in [0.2, 0.25) is 0 Å². The Morgan fingerprint density at radius 1 is 1.00 bits per heavy atom. The SMILES string of the molecule is Cc1ccc(-c2nnc(SCc3cc(=O)oc4c(C)c(O)ccc34)o2)cc1C. The molecule has 2 aromatic carbocycles. The fourth-order valence-electron chi connectivity index (χ4n) is 2.93. The number of aromatic hydroxyl groups is 1. The lowest BCUT2D eigenvalue weighted by atomic mass is 10.1. The van der Waals surface area contributed by atoms with Gasteiger partial charge in [-0.2, -0.15) is 0 Å². The van der Waals surface area contributed by atoms with Crippen LogP contribution in [0.3, 0.4) is 0 Å². The molecule has 0 atom stereocenters. The second-order valence-corrected chi connectivity index (χ2v) is 7.56. The summed E-state index contributed by atoms with van der Waals surface area (Å²) < 4.78 is 11.0. The molecule has 0 aliphatic rings. The molecule has 0 saturated carbocycles. The number of benzene rings is 2. The van der Waals surface area contributed by atoms with Crippen LogP contribution >= 0.6 is 11.8 Å². The standard InChI is InChI=1S/C21H18N2O4S/c1-11-4-5-14(8-12(11)2)20-22-23-21(27-20)28-10-15-9-18(25)26-19-13(3)17(24)7-6-16(15)19/h4-9,24H,10H2,1-3H3. The van der Waals surface area contributed by atoms with Crippen molar-refractivity contribution in [3.8, 4) is 17.2 Å². The molecule has 0 amide bonds. The Morgan fingerprint density at radius 2 is 1.82 bits per heavy atom. The number of nitrogens with zero attached hydrogens (tertiary/aromatic N) is 2. The highest BCUT2D eigenvalue weighted by atomic mass is 32.2. The first kappa shape index (κ1) is 18.3. The zero-order valence-corrected chi connectivity index (χ0v) is 16.5. The predicted molar refractivity (Wildman–Crippen MR) is 108 cm³/mol. The maximum Gasteiger partial charge on any atom is 0.336 e. The van der Waals surface area contributed by atoms with Crippen LogP contribution in [0.5, 0.6) is 5.75 Å². The maximum atomic E-state index is 11.9. The monoisotopic (exact) mass is 394 g/mol. The smallest absolute Gasteiger partial charge is 0.336 e. The van der Waals surface area contributed by atoms with E-state index in [9.17, 15) is 9.90 Å². The van der Waals surface area contributed by atoms with Gasteiger partial charge in [0.1, 0.15) is 11.3 Å². The van der Waals surface area contributed by atoms with E-state index in [2.05, 4.69) is 17.1 Å². The molecule has 0 aliphatic carbocycles. The van der Waals surface area contributed by atoms with Gasteiger partial charge in [0.05, 0.1) is 0 Å². The third-order valence-electron chi connectivity index (χ3n) is 4.73. The topological polar surface area (TPSA) is 89.4 Å². The van der Waals surface area contributed by atoms with E-state index in [0.29, 0.717) is 28.0 Å². The summed E-state index contributed by atoms with van der Waals surface area (Å²) in [5, 5.41) is 19.3. The Labute approximate surface area is 165 Å². The van der Waals surface area contributed by atoms with E-state index >= 15 is 0 Å². The van der Waals surface area contributed by atoms with Gasteiger partial charge in [0.25, 0.3) is 5.22 Å². The average molecular weight is 394 g/mol. The molecule has 0 aliphatic heterocycles. The summed E-state index contributed by atoms with van der Waals surface area (Å²) in [7, 11) is 0. The van der Waals surface area contributed by atoms with Crippen LogP contribution in [0.4, 0.5) is 0 Å². The van der Waals surface area contributed by atoms with Crippen molar-refractivity contribution >= 4 is 22.7 Å². The first-order valence-electron chi connectivity index (χ1n) is 8.71. The maximum absolute atomic E-state index is 11.9. The molecule has 0 bridgehead atoms. The van der Waals surface area contributed by atoms with E-state index in [1.807, 2.05) is 25.1 Å². The second-order valence-electron chi connectivity index (χ2n) is 6.64. The zero-order valence-electron chi connectivity index (χ0n) is 15.6. The van der Waals surface area contributed by atoms with Crippen molar-refractivity contribution in [1.29, 1.82) is 0 Å². The highest BCUT2D eigenvalue weighted by Gasteiger charge is 2.14. The summed E-state index contributed by atoms with van der Waals surface area (Å²) in [6, 6.07) is 10.8. The summed E-state index contributed by atoms with van der Waals surface area (Å²) in [6.07, 6.45) is 0. The van der Waals surface area contributed by atoms with Crippen molar-refractivity contribution in [3.05, 3.63) is 69.1 Å². The first-order chi connectivity index (χ1) is 13.4. The van der Waals surface area contributed by atoms with Crippen molar-refractivity contribution in [1.82, 2.24) is 10.2 Å². The summed E-state index contributed by atoms with van der Waals surface area (Å²) in [5.41, 5.74) is 4.49. The second kappa shape index (κ2) is 7.16. The fraction of sp³-hybridized carbons (Fsp3) is 0.190. The summed E-state index contributed by atoms with van der Waals surface area (Å²) in [5.74, 6) is 1.01. The molecule has 0 unspecified atom stereocenters. The fourth-order valence-corrected chi connectivity index (χ4v) is 3.69. The number of hydrogen-bond donors (Lipinski definition) is 1. The lowest BCUT2D eigenvalue weighted by Crippen LogP contribution is -2.01. The van der Waals surface area contributed by atoms with Crippen LogP contribution in [0.1, 0.15) is 22.3 Å². The molecule has 142 valence electrons. The number of thioether (sulfide) groups is 1. The van der Waals surface area contributed by atoms with Crippen LogP contribution in [0, 0.1) is 20.8 Å². The molecule has 0 radical (unpaired) electrons. The normalized spacial score (nSPS) is 11.2. The van der Waals surface area contributed by atoms with Crippen LogP contribution in [0.15, 0.2) is 55.2 Å². The number of hydrogen-bond acceptors (Lipinski definition) is 7. The van der Waals surface area contributed by atoms with Crippen LogP contribution in [0.25, 0.3) is 22.4 Å². The van der Waals surface area contributed by atoms with Gasteiger partial charge in [0.15, 0.2) is 0 Å². The van der Waals surface area contributed by atoms with Gasteiger partial charge in [0, 0.05) is 28.3 Å². The molecule has 1 N–H and O–H groups in total. The van der Waals surface area contributed by atoms with E-state index in [1.165, 1.54) is 23.4 Å². The minimum Gasteiger partial charge on any atom is -0.508 e. The average Bonchev–Trinajstić information content (AvgIpc) is 3.14. The molecular formula is C21H18N2O4S. The van der Waals surface area contributed by atoms with Crippen molar-refractivity contribution in [2.45, 2.75) is 31.7 Å². The number of rotatable bonds is 4. The minimum absolute atomic E-state index is 0.0930. The minimum atomic E-state index is -0.460. The van der Waals surface area contributed by atoms with Crippen molar-refractivity contribution < 1.29 is 13.9 Å². The molecular weight excluding hydrogens is 376 g/mol. The van der Waals surface area contributed by atoms with Gasteiger partial charge in [-0.1, -0.05) is 17.8 Å². The molecule has 4 aromatic rings. The highest BCUT2D eigenvalue weighted by molar-refractivity contribution is 7.98. The largest absolute Gasteiger partial charge is 0.508 e. The van der Waals surface area contributed by atoms with Gasteiger partial charge in [-0.15, -0.1) is 10.2 Å². The molecule has 6 nitrogen and oxygen atoms in total. The van der Waals surface area contributed by atoms with Crippen LogP contribution in [-0.2, 0) is 5.75 Å². The predicted octanol–water partition coefficient (Wildman–Crippen LogP) is 4.77. The number of aromatic nitrogens is 2. The quantitative estimate of drug-likeness (QED) is 0.394. The molecule has 2 aromatic heterocycles. The third-order valence-corrected chi connectivity index (χ3v) is 5.60. The number of aryl methyl sites for hydroxylation is 3. The van der Waals surface area contributed by atoms with E-state index in [0.717, 1.165) is 22.1 Å². The Hall–Kier alpha value is -3.06. The molecule has 4 rings (SSSR count). The zero-order chi connectivity index (χ0) is 19.8.